The molecule has 3 amide bonds. The van der Waals surface area contributed by atoms with Crippen LogP contribution in [0.4, 0.5) is 23.7 Å². The molecule has 5 aromatic rings. The van der Waals surface area contributed by atoms with Crippen LogP contribution >= 0.6 is 23.2 Å². The molecule has 1 aliphatic rings. The number of aromatic nitrogens is 2. The monoisotopic (exact) mass is 646 g/mol. The van der Waals surface area contributed by atoms with Crippen molar-refractivity contribution >= 4 is 53.0 Å². The highest BCUT2D eigenvalue weighted by Crippen LogP contribution is 2.33. The molecule has 1 N–H and O–H groups in total. The third kappa shape index (κ3) is 6.79. The normalized spacial score (nSPS) is 13.6. The van der Waals surface area contributed by atoms with Gasteiger partial charge in [-0.25, -0.2) is 9.78 Å². The molecule has 0 bridgehead atoms. The van der Waals surface area contributed by atoms with Gasteiger partial charge in [0.2, 0.25) is 5.91 Å². The second kappa shape index (κ2) is 12.3. The number of urea groups is 1. The Balaban J connectivity index is 1.27. The molecule has 0 atom stereocenters. The fraction of sp³-hybridized carbons (Fsp3) is 0.0882. The minimum atomic E-state index is -4.41. The summed E-state index contributed by atoms with van der Waals surface area (Å²) in [5.74, 6) is 0.282. The van der Waals surface area contributed by atoms with E-state index in [1.54, 1.807) is 48.5 Å². The molecule has 1 fully saturated rings. The Labute approximate surface area is 266 Å². The van der Waals surface area contributed by atoms with Gasteiger partial charge in [-0.3, -0.25) is 15.0 Å². The number of alkyl halides is 3. The molecular formula is C34H23Cl2F3N4O2. The van der Waals surface area contributed by atoms with E-state index < -0.39 is 17.8 Å². The highest BCUT2D eigenvalue weighted by atomic mass is 35.5. The third-order valence-corrected chi connectivity index (χ3v) is 7.82. The first-order valence-corrected chi connectivity index (χ1v) is 14.5. The summed E-state index contributed by atoms with van der Waals surface area (Å²) in [6.45, 7) is 0.415. The van der Waals surface area contributed by atoms with Crippen LogP contribution in [-0.4, -0.2) is 28.0 Å². The molecule has 4 aromatic carbocycles. The van der Waals surface area contributed by atoms with Crippen LogP contribution in [0.2, 0.25) is 10.0 Å². The first kappa shape index (κ1) is 30.2. The maximum atomic E-state index is 13.2. The van der Waals surface area contributed by atoms with E-state index in [4.69, 9.17) is 28.2 Å². The van der Waals surface area contributed by atoms with E-state index in [1.807, 2.05) is 47.2 Å². The smallest absolute Gasteiger partial charge is 0.326 e. The van der Waals surface area contributed by atoms with Gasteiger partial charge in [-0.05, 0) is 70.8 Å². The van der Waals surface area contributed by atoms with E-state index in [-0.39, 0.29) is 12.5 Å². The van der Waals surface area contributed by atoms with Crippen molar-refractivity contribution in [3.05, 3.63) is 130 Å². The summed E-state index contributed by atoms with van der Waals surface area (Å²) in [6, 6.07) is 24.5. The number of amides is 3. The Morgan fingerprint density at radius 2 is 1.62 bits per heavy atom. The van der Waals surface area contributed by atoms with Crippen LogP contribution in [0.5, 0.6) is 0 Å². The zero-order chi connectivity index (χ0) is 31.7. The fourth-order valence-electron chi connectivity index (χ4n) is 4.98. The molecule has 0 aliphatic carbocycles. The number of imidazole rings is 1. The van der Waals surface area contributed by atoms with Crippen molar-refractivity contribution in [2.45, 2.75) is 12.7 Å². The van der Waals surface area contributed by atoms with Crippen molar-refractivity contribution < 1.29 is 22.8 Å². The molecule has 45 heavy (non-hydrogen) atoms. The number of halogens is 5. The summed E-state index contributed by atoms with van der Waals surface area (Å²) in [7, 11) is 0. The van der Waals surface area contributed by atoms with Crippen LogP contribution in [0, 0.1) is 0 Å². The Morgan fingerprint density at radius 3 is 2.29 bits per heavy atom. The van der Waals surface area contributed by atoms with Gasteiger partial charge in [0.25, 0.3) is 0 Å². The van der Waals surface area contributed by atoms with Crippen LogP contribution in [0.1, 0.15) is 22.5 Å². The molecule has 1 aromatic heterocycles. The fourth-order valence-corrected chi connectivity index (χ4v) is 5.48. The Bertz CT molecular complexity index is 1930. The Kier molecular flexibility index (Phi) is 8.22. The number of carbonyl (C=O) groups is 2. The molecule has 0 unspecified atom stereocenters. The van der Waals surface area contributed by atoms with Crippen molar-refractivity contribution in [3.63, 3.8) is 0 Å². The van der Waals surface area contributed by atoms with Gasteiger partial charge in [0.15, 0.2) is 0 Å². The second-order valence-electron chi connectivity index (χ2n) is 10.4. The molecule has 226 valence electrons. The molecule has 6 nitrogen and oxygen atoms in total. The van der Waals surface area contributed by atoms with Gasteiger partial charge in [0.1, 0.15) is 12.4 Å². The number of benzene rings is 4. The van der Waals surface area contributed by atoms with Gasteiger partial charge in [-0.1, -0.05) is 77.8 Å². The largest absolute Gasteiger partial charge is 0.416 e. The van der Waals surface area contributed by atoms with Crippen LogP contribution < -0.4 is 10.2 Å². The van der Waals surface area contributed by atoms with E-state index in [0.29, 0.717) is 50.5 Å². The summed E-state index contributed by atoms with van der Waals surface area (Å²) < 4.78 is 41.5. The molecule has 6 rings (SSSR count). The third-order valence-electron chi connectivity index (χ3n) is 7.27. The number of nitrogens with one attached hydrogen (secondary N) is 1. The van der Waals surface area contributed by atoms with Gasteiger partial charge in [0, 0.05) is 29.0 Å². The summed E-state index contributed by atoms with van der Waals surface area (Å²) in [4.78, 5) is 29.8. The van der Waals surface area contributed by atoms with Crippen molar-refractivity contribution in [2.24, 2.45) is 0 Å². The van der Waals surface area contributed by atoms with Crippen LogP contribution in [0.15, 0.2) is 97.2 Å². The first-order valence-electron chi connectivity index (χ1n) is 13.7. The lowest BCUT2D eigenvalue weighted by Crippen LogP contribution is -2.27. The van der Waals surface area contributed by atoms with Gasteiger partial charge in [-0.15, -0.1) is 0 Å². The van der Waals surface area contributed by atoms with Gasteiger partial charge in [-0.2, -0.15) is 13.2 Å². The number of anilines is 1. The molecule has 0 spiro atoms. The Hall–Kier alpha value is -4.86. The lowest BCUT2D eigenvalue weighted by Gasteiger charge is -2.14. The zero-order valence-electron chi connectivity index (χ0n) is 23.4. The lowest BCUT2D eigenvalue weighted by atomic mass is 10.0. The van der Waals surface area contributed by atoms with E-state index in [1.165, 1.54) is 11.0 Å². The van der Waals surface area contributed by atoms with Crippen molar-refractivity contribution in [2.75, 3.05) is 11.4 Å². The highest BCUT2D eigenvalue weighted by molar-refractivity contribution is 6.36. The summed E-state index contributed by atoms with van der Waals surface area (Å²) >= 11 is 12.6. The van der Waals surface area contributed by atoms with Crippen molar-refractivity contribution in [1.29, 1.82) is 0 Å². The van der Waals surface area contributed by atoms with Crippen LogP contribution in [-0.2, 0) is 17.5 Å². The number of nitrogens with zero attached hydrogens (tertiary/aromatic N) is 3. The van der Waals surface area contributed by atoms with Crippen LogP contribution in [0.25, 0.3) is 34.5 Å². The average molecular weight is 647 g/mol. The highest BCUT2D eigenvalue weighted by Gasteiger charge is 2.30. The number of carbonyl (C=O) groups excluding carboxylic acids is 2. The number of rotatable bonds is 7. The molecule has 11 heteroatoms. The second-order valence-corrected chi connectivity index (χ2v) is 11.2. The SMILES string of the molecule is O=C1CN(c2ccc(Cn3cc(-c4ccc(Cl)cc4Cl)nc3/C=C/c3ccc(-c4cccc(C(F)(F)F)c4)cc3)cc2)C(=O)N1. The minimum absolute atomic E-state index is 0.0270. The first-order chi connectivity index (χ1) is 21.5. The van der Waals surface area contributed by atoms with E-state index >= 15 is 0 Å². The maximum absolute atomic E-state index is 13.2. The maximum Gasteiger partial charge on any atom is 0.416 e. The molecule has 0 saturated carbocycles. The predicted molar refractivity (Wildman–Crippen MR) is 170 cm³/mol. The number of hydrogen-bond donors (Lipinski definition) is 1. The van der Waals surface area contributed by atoms with E-state index in [0.717, 1.165) is 23.3 Å². The van der Waals surface area contributed by atoms with Crippen molar-refractivity contribution in [1.82, 2.24) is 14.9 Å². The standard InChI is InChI=1S/C34H23Cl2F3N4O2/c35-26-11-14-28(29(36)17-26)30-19-42(18-22-6-12-27(13-7-22)43-20-32(44)41-33(43)45)31(40-30)15-8-21-4-9-23(10-5-21)24-2-1-3-25(16-24)34(37,38)39/h1-17,19H,18,20H2,(H,41,44,45)/b15-8+. The lowest BCUT2D eigenvalue weighted by molar-refractivity contribution is -0.137. The van der Waals surface area contributed by atoms with Crippen LogP contribution in [0.3, 0.4) is 0 Å². The molecule has 1 saturated heterocycles. The number of imide groups is 1. The molecule has 0 radical (unpaired) electrons. The Morgan fingerprint density at radius 1 is 0.867 bits per heavy atom. The quantitative estimate of drug-likeness (QED) is 0.180. The molecular weight excluding hydrogens is 624 g/mol. The summed E-state index contributed by atoms with van der Waals surface area (Å²) in [6.07, 6.45) is 1.18. The van der Waals surface area contributed by atoms with Gasteiger partial charge >= 0.3 is 12.2 Å². The zero-order valence-corrected chi connectivity index (χ0v) is 24.9. The minimum Gasteiger partial charge on any atom is -0.326 e. The topological polar surface area (TPSA) is 67.2 Å². The summed E-state index contributed by atoms with van der Waals surface area (Å²) in [5.41, 5.74) is 4.15. The average Bonchev–Trinajstić information content (AvgIpc) is 3.57. The molecule has 2 heterocycles. The van der Waals surface area contributed by atoms with Gasteiger partial charge < -0.3 is 4.57 Å². The predicted octanol–water partition coefficient (Wildman–Crippen LogP) is 8.82. The molecule has 1 aliphatic heterocycles. The van der Waals surface area contributed by atoms with E-state index in [2.05, 4.69) is 5.32 Å². The van der Waals surface area contributed by atoms with Gasteiger partial charge in [0.05, 0.1) is 16.3 Å². The van der Waals surface area contributed by atoms with Crippen molar-refractivity contribution in [3.8, 4) is 22.4 Å². The number of hydrogen-bond acceptors (Lipinski definition) is 3. The summed E-state index contributed by atoms with van der Waals surface area (Å²) in [5, 5.41) is 3.23. The van der Waals surface area contributed by atoms with E-state index in [9.17, 15) is 22.8 Å².